The van der Waals surface area contributed by atoms with Crippen LogP contribution in [0.2, 0.25) is 0 Å². The average Bonchev–Trinajstić information content (AvgIpc) is 3.28. The van der Waals surface area contributed by atoms with Crippen molar-refractivity contribution in [2.75, 3.05) is 18.9 Å². The highest BCUT2D eigenvalue weighted by molar-refractivity contribution is 5.59. The first-order valence-electron chi connectivity index (χ1n) is 8.18. The summed E-state index contributed by atoms with van der Waals surface area (Å²) in [5.41, 5.74) is 8.18. The van der Waals surface area contributed by atoms with Crippen LogP contribution in [0.1, 0.15) is 18.2 Å². The summed E-state index contributed by atoms with van der Waals surface area (Å²) in [6, 6.07) is 7.54. The minimum absolute atomic E-state index is 0.302. The van der Waals surface area contributed by atoms with Crippen LogP contribution in [0, 0.1) is 6.92 Å². The van der Waals surface area contributed by atoms with Gasteiger partial charge < -0.3 is 15.2 Å². The fourth-order valence-electron chi connectivity index (χ4n) is 2.84. The molecule has 0 aliphatic carbocycles. The first kappa shape index (κ1) is 15.6. The third kappa shape index (κ3) is 3.32. The quantitative estimate of drug-likeness (QED) is 0.787. The van der Waals surface area contributed by atoms with E-state index in [4.69, 9.17) is 15.2 Å². The van der Waals surface area contributed by atoms with Gasteiger partial charge in [0.25, 0.3) is 0 Å². The molecule has 25 heavy (non-hydrogen) atoms. The number of pyridine rings is 2. The van der Waals surface area contributed by atoms with Gasteiger partial charge in [0, 0.05) is 30.6 Å². The molecular formula is C18H19N5O2. The van der Waals surface area contributed by atoms with Gasteiger partial charge in [-0.1, -0.05) is 0 Å². The average molecular weight is 337 g/mol. The number of hydrogen-bond donors (Lipinski definition) is 1. The predicted molar refractivity (Wildman–Crippen MR) is 93.4 cm³/mol. The molecule has 1 aliphatic heterocycles. The fraction of sp³-hybridized carbons (Fsp3) is 0.278. The van der Waals surface area contributed by atoms with Crippen molar-refractivity contribution in [3.05, 3.63) is 48.5 Å². The summed E-state index contributed by atoms with van der Waals surface area (Å²) >= 11 is 0. The molecule has 0 radical (unpaired) electrons. The standard InChI is InChI=1S/C18H19N5O2/c1-12-17(2-3-18(19)22-12)25-15-4-6-20-16(8-15)13-9-21-23(10-13)14-5-7-24-11-14/h2-4,6,8-10,14H,5,7,11H2,1H3,(H2,19,22). The highest BCUT2D eigenvalue weighted by Gasteiger charge is 2.18. The van der Waals surface area contributed by atoms with Crippen molar-refractivity contribution in [2.45, 2.75) is 19.4 Å². The van der Waals surface area contributed by atoms with E-state index in [0.717, 1.165) is 30.0 Å². The molecule has 0 saturated carbocycles. The minimum atomic E-state index is 0.302. The lowest BCUT2D eigenvalue weighted by Crippen LogP contribution is -2.08. The molecule has 0 aromatic carbocycles. The molecule has 7 nitrogen and oxygen atoms in total. The number of hydrogen-bond acceptors (Lipinski definition) is 6. The zero-order valence-corrected chi connectivity index (χ0v) is 13.9. The Hall–Kier alpha value is -2.93. The lowest BCUT2D eigenvalue weighted by Gasteiger charge is -2.09. The largest absolute Gasteiger partial charge is 0.455 e. The zero-order chi connectivity index (χ0) is 17.2. The summed E-state index contributed by atoms with van der Waals surface area (Å²) in [5.74, 6) is 1.84. The lowest BCUT2D eigenvalue weighted by molar-refractivity contribution is 0.184. The predicted octanol–water partition coefficient (Wildman–Crippen LogP) is 2.98. The van der Waals surface area contributed by atoms with E-state index in [-0.39, 0.29) is 0 Å². The van der Waals surface area contributed by atoms with Crippen LogP contribution in [0.25, 0.3) is 11.3 Å². The second-order valence-electron chi connectivity index (χ2n) is 6.02. The summed E-state index contributed by atoms with van der Waals surface area (Å²) in [7, 11) is 0. The molecule has 2 N–H and O–H groups in total. The van der Waals surface area contributed by atoms with Gasteiger partial charge in [-0.15, -0.1) is 0 Å². The molecule has 1 aliphatic rings. The van der Waals surface area contributed by atoms with Crippen molar-refractivity contribution in [3.8, 4) is 22.8 Å². The van der Waals surface area contributed by atoms with Crippen molar-refractivity contribution < 1.29 is 9.47 Å². The molecule has 1 saturated heterocycles. The van der Waals surface area contributed by atoms with Gasteiger partial charge in [-0.25, -0.2) is 4.98 Å². The molecule has 0 amide bonds. The van der Waals surface area contributed by atoms with Crippen LogP contribution >= 0.6 is 0 Å². The Bertz CT molecular complexity index is 887. The van der Waals surface area contributed by atoms with Crippen molar-refractivity contribution in [1.82, 2.24) is 19.7 Å². The number of ether oxygens (including phenoxy) is 2. The summed E-state index contributed by atoms with van der Waals surface area (Å²) < 4.78 is 13.3. The third-order valence-electron chi connectivity index (χ3n) is 4.20. The van der Waals surface area contributed by atoms with Crippen LogP contribution in [-0.2, 0) is 4.74 Å². The molecule has 0 bridgehead atoms. The first-order chi connectivity index (χ1) is 12.2. The first-order valence-corrected chi connectivity index (χ1v) is 8.18. The maximum absolute atomic E-state index is 5.93. The van der Waals surface area contributed by atoms with Gasteiger partial charge in [0.1, 0.15) is 17.3 Å². The lowest BCUT2D eigenvalue weighted by atomic mass is 10.2. The van der Waals surface area contributed by atoms with E-state index in [1.807, 2.05) is 42.2 Å². The van der Waals surface area contributed by atoms with Gasteiger partial charge in [0.15, 0.2) is 0 Å². The third-order valence-corrected chi connectivity index (χ3v) is 4.20. The maximum Gasteiger partial charge on any atom is 0.148 e. The second-order valence-corrected chi connectivity index (χ2v) is 6.02. The van der Waals surface area contributed by atoms with Gasteiger partial charge in [0.05, 0.1) is 30.2 Å². The molecule has 3 aromatic rings. The number of aryl methyl sites for hydroxylation is 1. The van der Waals surface area contributed by atoms with Crippen molar-refractivity contribution in [2.24, 2.45) is 0 Å². The van der Waals surface area contributed by atoms with Crippen LogP contribution in [0.15, 0.2) is 42.9 Å². The topological polar surface area (TPSA) is 88.1 Å². The Morgan fingerprint density at radius 1 is 1.32 bits per heavy atom. The van der Waals surface area contributed by atoms with Crippen molar-refractivity contribution >= 4 is 5.82 Å². The Kier molecular flexibility index (Phi) is 4.07. The highest BCUT2D eigenvalue weighted by atomic mass is 16.5. The Morgan fingerprint density at radius 3 is 3.04 bits per heavy atom. The Balaban J connectivity index is 1.57. The zero-order valence-electron chi connectivity index (χ0n) is 13.9. The van der Waals surface area contributed by atoms with E-state index < -0.39 is 0 Å². The van der Waals surface area contributed by atoms with Crippen LogP contribution in [0.3, 0.4) is 0 Å². The molecule has 1 atom stereocenters. The van der Waals surface area contributed by atoms with Crippen LogP contribution < -0.4 is 10.5 Å². The van der Waals surface area contributed by atoms with Gasteiger partial charge in [-0.3, -0.25) is 9.67 Å². The van der Waals surface area contributed by atoms with Gasteiger partial charge in [-0.05, 0) is 31.5 Å². The molecule has 4 rings (SSSR count). The smallest absolute Gasteiger partial charge is 0.148 e. The minimum Gasteiger partial charge on any atom is -0.455 e. The summed E-state index contributed by atoms with van der Waals surface area (Å²) in [6.07, 6.45) is 6.53. The monoisotopic (exact) mass is 337 g/mol. The SMILES string of the molecule is Cc1nc(N)ccc1Oc1ccnc(-c2cnn(C3CCOC3)c2)c1. The van der Waals surface area contributed by atoms with Gasteiger partial charge in [-0.2, -0.15) is 5.10 Å². The number of rotatable bonds is 4. The molecule has 3 aromatic heterocycles. The maximum atomic E-state index is 5.93. The number of nitrogens with zero attached hydrogens (tertiary/aromatic N) is 4. The van der Waals surface area contributed by atoms with Crippen LogP contribution in [0.5, 0.6) is 11.5 Å². The van der Waals surface area contributed by atoms with E-state index in [9.17, 15) is 0 Å². The van der Waals surface area contributed by atoms with Crippen LogP contribution in [0.4, 0.5) is 5.82 Å². The van der Waals surface area contributed by atoms with Gasteiger partial charge in [0.2, 0.25) is 0 Å². The van der Waals surface area contributed by atoms with E-state index in [1.165, 1.54) is 0 Å². The number of anilines is 1. The van der Waals surface area contributed by atoms with Crippen molar-refractivity contribution in [3.63, 3.8) is 0 Å². The molecule has 7 heteroatoms. The van der Waals surface area contributed by atoms with E-state index >= 15 is 0 Å². The van der Waals surface area contributed by atoms with E-state index in [2.05, 4.69) is 15.1 Å². The summed E-state index contributed by atoms with van der Waals surface area (Å²) in [6.45, 7) is 3.36. The van der Waals surface area contributed by atoms with E-state index in [0.29, 0.717) is 30.0 Å². The number of nitrogen functional groups attached to an aromatic ring is 1. The molecule has 128 valence electrons. The normalized spacial score (nSPS) is 16.9. The fourth-order valence-corrected chi connectivity index (χ4v) is 2.84. The number of nitrogens with two attached hydrogens (primary N) is 1. The highest BCUT2D eigenvalue weighted by Crippen LogP contribution is 2.28. The Labute approximate surface area is 145 Å². The summed E-state index contributed by atoms with van der Waals surface area (Å²) in [4.78, 5) is 8.64. The van der Waals surface area contributed by atoms with E-state index in [1.54, 1.807) is 12.3 Å². The molecular weight excluding hydrogens is 318 g/mol. The van der Waals surface area contributed by atoms with Gasteiger partial charge >= 0.3 is 0 Å². The number of aromatic nitrogens is 4. The molecule has 1 fully saturated rings. The second kappa shape index (κ2) is 6.52. The summed E-state index contributed by atoms with van der Waals surface area (Å²) in [5, 5.41) is 4.44. The molecule has 0 spiro atoms. The van der Waals surface area contributed by atoms with Crippen LogP contribution in [-0.4, -0.2) is 33.0 Å². The molecule has 1 unspecified atom stereocenters. The van der Waals surface area contributed by atoms with Crippen molar-refractivity contribution in [1.29, 1.82) is 0 Å². The Morgan fingerprint density at radius 2 is 2.24 bits per heavy atom. The molecule has 4 heterocycles.